The molecule has 0 aliphatic heterocycles. The number of aromatic nitrogens is 2. The maximum Gasteiger partial charge on any atom is 0.344 e. The van der Waals surface area contributed by atoms with Crippen molar-refractivity contribution >= 4 is 17.6 Å². The highest BCUT2D eigenvalue weighted by atomic mass is 35.5. The lowest BCUT2D eigenvalue weighted by Crippen LogP contribution is -2.17. The molecule has 2 aromatic carbocycles. The fourth-order valence-electron chi connectivity index (χ4n) is 2.09. The lowest BCUT2D eigenvalue weighted by Gasteiger charge is -2.11. The molecule has 1 atom stereocenters. The Bertz CT molecular complexity index is 898. The van der Waals surface area contributed by atoms with Gasteiger partial charge in [-0.2, -0.15) is 0 Å². The Morgan fingerprint density at radius 1 is 1.19 bits per heavy atom. The minimum atomic E-state index is -0.765. The summed E-state index contributed by atoms with van der Waals surface area (Å²) in [4.78, 5) is 11.9. The number of para-hydroxylation sites is 1. The van der Waals surface area contributed by atoms with Crippen LogP contribution in [0.15, 0.2) is 52.9 Å². The van der Waals surface area contributed by atoms with E-state index in [1.807, 2.05) is 0 Å². The molecule has 1 heterocycles. The Labute approximate surface area is 153 Å². The summed E-state index contributed by atoms with van der Waals surface area (Å²) < 4.78 is 28.9. The van der Waals surface area contributed by atoms with Crippen molar-refractivity contribution in [2.45, 2.75) is 13.0 Å². The number of esters is 1. The van der Waals surface area contributed by atoms with Gasteiger partial charge >= 0.3 is 5.97 Å². The average Bonchev–Trinajstić information content (AvgIpc) is 3.12. The normalized spacial score (nSPS) is 11.8. The zero-order valence-electron chi connectivity index (χ0n) is 13.7. The molecule has 0 N–H and O–H groups in total. The Kier molecular flexibility index (Phi) is 5.48. The molecule has 0 bridgehead atoms. The van der Waals surface area contributed by atoms with E-state index < -0.39 is 12.1 Å². The Balaban J connectivity index is 1.58. The molecule has 3 aromatic rings. The minimum absolute atomic E-state index is 0.121. The summed E-state index contributed by atoms with van der Waals surface area (Å²) >= 11 is 5.95. The molecule has 1 aromatic heterocycles. The van der Waals surface area contributed by atoms with Crippen LogP contribution in [0.25, 0.3) is 11.5 Å². The number of ether oxygens (including phenoxy) is 2. The van der Waals surface area contributed by atoms with Gasteiger partial charge in [0, 0.05) is 5.56 Å². The third-order valence-electron chi connectivity index (χ3n) is 3.37. The predicted octanol–water partition coefficient (Wildman–Crippen LogP) is 4.21. The highest BCUT2D eigenvalue weighted by molar-refractivity contribution is 6.32. The fraction of sp³-hybridized carbons (Fsp3) is 0.167. The van der Waals surface area contributed by atoms with E-state index in [1.54, 1.807) is 31.2 Å². The van der Waals surface area contributed by atoms with Gasteiger partial charge in [0.15, 0.2) is 12.7 Å². The molecule has 0 amide bonds. The maximum absolute atomic E-state index is 13.0. The van der Waals surface area contributed by atoms with Gasteiger partial charge in [0.2, 0.25) is 5.89 Å². The van der Waals surface area contributed by atoms with Crippen molar-refractivity contribution in [2.24, 2.45) is 0 Å². The molecule has 0 aliphatic rings. The number of hydrogen-bond acceptors (Lipinski definition) is 6. The molecule has 3 rings (SSSR count). The van der Waals surface area contributed by atoms with Crippen LogP contribution in [-0.2, 0) is 9.53 Å². The molecule has 0 saturated heterocycles. The number of carbonyl (C=O) groups excluding carboxylic acids is 1. The van der Waals surface area contributed by atoms with Crippen molar-refractivity contribution in [3.63, 3.8) is 0 Å². The van der Waals surface area contributed by atoms with Crippen LogP contribution in [0, 0.1) is 5.82 Å². The summed E-state index contributed by atoms with van der Waals surface area (Å²) in [5, 5.41) is 8.12. The van der Waals surface area contributed by atoms with E-state index in [1.165, 1.54) is 24.3 Å². The van der Waals surface area contributed by atoms with Crippen molar-refractivity contribution < 1.29 is 23.1 Å². The third kappa shape index (κ3) is 4.37. The summed E-state index contributed by atoms with van der Waals surface area (Å²) in [6.45, 7) is 1.28. The predicted molar refractivity (Wildman–Crippen MR) is 91.1 cm³/mol. The smallest absolute Gasteiger partial charge is 0.344 e. The van der Waals surface area contributed by atoms with Crippen LogP contribution < -0.4 is 4.74 Å². The van der Waals surface area contributed by atoms with Crippen LogP contribution in [0.3, 0.4) is 0 Å². The molecule has 0 fully saturated rings. The minimum Gasteiger partial charge on any atom is -0.480 e. The van der Waals surface area contributed by atoms with Crippen LogP contribution in [-0.4, -0.2) is 22.8 Å². The van der Waals surface area contributed by atoms with E-state index in [0.29, 0.717) is 16.3 Å². The number of benzene rings is 2. The van der Waals surface area contributed by atoms with Gasteiger partial charge in [0.05, 0.1) is 5.02 Å². The Hall–Kier alpha value is -2.93. The van der Waals surface area contributed by atoms with Crippen molar-refractivity contribution in [2.75, 3.05) is 6.61 Å². The Morgan fingerprint density at radius 2 is 1.92 bits per heavy atom. The Morgan fingerprint density at radius 3 is 2.65 bits per heavy atom. The van der Waals surface area contributed by atoms with Crippen LogP contribution in [0.2, 0.25) is 5.02 Å². The molecule has 134 valence electrons. The number of hydrogen-bond donors (Lipinski definition) is 0. The van der Waals surface area contributed by atoms with Crippen molar-refractivity contribution in [3.8, 4) is 17.2 Å². The fourth-order valence-corrected chi connectivity index (χ4v) is 2.28. The maximum atomic E-state index is 13.0. The van der Waals surface area contributed by atoms with Gasteiger partial charge in [0.25, 0.3) is 5.89 Å². The molecule has 6 nitrogen and oxygen atoms in total. The molecule has 0 saturated carbocycles. The molecule has 0 spiro atoms. The zero-order valence-corrected chi connectivity index (χ0v) is 14.4. The SMILES string of the molecule is C[C@H](OC(=O)COc1ccccc1Cl)c1nnc(-c2ccc(F)cc2)o1. The van der Waals surface area contributed by atoms with Crippen LogP contribution in [0.4, 0.5) is 4.39 Å². The van der Waals surface area contributed by atoms with E-state index in [4.69, 9.17) is 25.5 Å². The molecular formula is C18H14ClFN2O4. The van der Waals surface area contributed by atoms with E-state index in [0.717, 1.165) is 0 Å². The second-order valence-corrected chi connectivity index (χ2v) is 5.71. The molecule has 0 aliphatic carbocycles. The first-order chi connectivity index (χ1) is 12.5. The van der Waals surface area contributed by atoms with Crippen molar-refractivity contribution in [1.29, 1.82) is 0 Å². The summed E-state index contributed by atoms with van der Waals surface area (Å²) in [6, 6.07) is 12.4. The quantitative estimate of drug-likeness (QED) is 0.600. The highest BCUT2D eigenvalue weighted by Crippen LogP contribution is 2.24. The van der Waals surface area contributed by atoms with E-state index in [9.17, 15) is 9.18 Å². The first-order valence-electron chi connectivity index (χ1n) is 7.69. The van der Waals surface area contributed by atoms with Crippen LogP contribution in [0.1, 0.15) is 18.9 Å². The van der Waals surface area contributed by atoms with E-state index in [-0.39, 0.29) is 24.2 Å². The highest BCUT2D eigenvalue weighted by Gasteiger charge is 2.19. The monoisotopic (exact) mass is 376 g/mol. The average molecular weight is 377 g/mol. The first kappa shape index (κ1) is 17.9. The number of nitrogens with zero attached hydrogens (tertiary/aromatic N) is 2. The topological polar surface area (TPSA) is 74.5 Å². The van der Waals surface area contributed by atoms with Crippen molar-refractivity contribution in [1.82, 2.24) is 10.2 Å². The number of rotatable bonds is 6. The summed E-state index contributed by atoms with van der Waals surface area (Å²) in [6.07, 6.45) is -0.765. The third-order valence-corrected chi connectivity index (χ3v) is 3.68. The molecule has 8 heteroatoms. The number of carbonyl (C=O) groups is 1. The lowest BCUT2D eigenvalue weighted by atomic mass is 10.2. The van der Waals surface area contributed by atoms with E-state index >= 15 is 0 Å². The summed E-state index contributed by atoms with van der Waals surface area (Å²) in [7, 11) is 0. The standard InChI is InChI=1S/C18H14ClFN2O4/c1-11(25-16(23)10-24-15-5-3-2-4-14(15)19)17-21-22-18(26-17)12-6-8-13(20)9-7-12/h2-9,11H,10H2,1H3/t11-/m0/s1. The van der Waals surface area contributed by atoms with Gasteiger partial charge in [-0.25, -0.2) is 9.18 Å². The molecule has 26 heavy (non-hydrogen) atoms. The zero-order chi connectivity index (χ0) is 18.5. The second kappa shape index (κ2) is 7.97. The van der Waals surface area contributed by atoms with Gasteiger partial charge in [0.1, 0.15) is 11.6 Å². The van der Waals surface area contributed by atoms with Gasteiger partial charge in [-0.1, -0.05) is 23.7 Å². The number of halogens is 2. The lowest BCUT2D eigenvalue weighted by molar-refractivity contribution is -0.152. The van der Waals surface area contributed by atoms with Gasteiger partial charge in [-0.05, 0) is 43.3 Å². The van der Waals surface area contributed by atoms with Gasteiger partial charge in [-0.15, -0.1) is 10.2 Å². The second-order valence-electron chi connectivity index (χ2n) is 5.30. The first-order valence-corrected chi connectivity index (χ1v) is 8.07. The van der Waals surface area contributed by atoms with Gasteiger partial charge in [-0.3, -0.25) is 0 Å². The van der Waals surface area contributed by atoms with Crippen LogP contribution in [0.5, 0.6) is 5.75 Å². The molecular weight excluding hydrogens is 363 g/mol. The molecule has 0 unspecified atom stereocenters. The van der Waals surface area contributed by atoms with Gasteiger partial charge < -0.3 is 13.9 Å². The summed E-state index contributed by atoms with van der Waals surface area (Å²) in [5.74, 6) is -0.269. The van der Waals surface area contributed by atoms with Crippen molar-refractivity contribution in [3.05, 3.63) is 65.3 Å². The van der Waals surface area contributed by atoms with E-state index in [2.05, 4.69) is 10.2 Å². The van der Waals surface area contributed by atoms with Crippen LogP contribution >= 0.6 is 11.6 Å². The summed E-state index contributed by atoms with van der Waals surface area (Å²) in [5.41, 5.74) is 0.561. The molecule has 0 radical (unpaired) electrons. The largest absolute Gasteiger partial charge is 0.480 e.